The Kier molecular flexibility index (Phi) is 3.88. The SMILES string of the molecule is O=S1(=O)CCC(=NNc2ccc(Cl)cc2)c2cc(F)ccc21. The molecule has 3 rings (SSSR count). The van der Waals surface area contributed by atoms with Crippen LogP contribution < -0.4 is 5.43 Å². The van der Waals surface area contributed by atoms with E-state index >= 15 is 0 Å². The molecule has 1 aliphatic heterocycles. The molecule has 0 saturated heterocycles. The number of hydrazone groups is 1. The highest BCUT2D eigenvalue weighted by Gasteiger charge is 2.28. The van der Waals surface area contributed by atoms with Crippen LogP contribution >= 0.6 is 11.6 Å². The molecule has 1 N–H and O–H groups in total. The standard InChI is InChI=1S/C15H12ClFN2O2S/c16-10-1-4-12(5-2-10)18-19-14-7-8-22(20,21)15-6-3-11(17)9-13(14)15/h1-6,9,18H,7-8H2. The first kappa shape index (κ1) is 15.0. The molecule has 7 heteroatoms. The number of rotatable bonds is 2. The first-order valence-corrected chi connectivity index (χ1v) is 8.59. The maximum atomic E-state index is 13.4. The minimum Gasteiger partial charge on any atom is -0.278 e. The average molecular weight is 339 g/mol. The molecule has 0 aromatic heterocycles. The fourth-order valence-corrected chi connectivity index (χ4v) is 3.84. The lowest BCUT2D eigenvalue weighted by molar-refractivity contribution is 0.593. The number of nitrogens with zero attached hydrogens (tertiary/aromatic N) is 1. The summed E-state index contributed by atoms with van der Waals surface area (Å²) in [6.45, 7) is 0. The third-order valence-corrected chi connectivity index (χ3v) is 5.38. The van der Waals surface area contributed by atoms with Crippen LogP contribution in [0.4, 0.5) is 10.1 Å². The van der Waals surface area contributed by atoms with Crippen LogP contribution in [0.3, 0.4) is 0 Å². The van der Waals surface area contributed by atoms with Crippen LogP contribution in [0, 0.1) is 5.82 Å². The van der Waals surface area contributed by atoms with Gasteiger partial charge in [0.1, 0.15) is 5.82 Å². The van der Waals surface area contributed by atoms with Gasteiger partial charge < -0.3 is 0 Å². The summed E-state index contributed by atoms with van der Waals surface area (Å²) in [4.78, 5) is 0.122. The molecule has 0 amide bonds. The Bertz CT molecular complexity index is 848. The van der Waals surface area contributed by atoms with E-state index in [1.54, 1.807) is 24.3 Å². The number of anilines is 1. The number of hydrogen-bond donors (Lipinski definition) is 1. The molecule has 4 nitrogen and oxygen atoms in total. The van der Waals surface area contributed by atoms with Gasteiger partial charge in [0.25, 0.3) is 0 Å². The number of nitrogens with one attached hydrogen (secondary N) is 1. The van der Waals surface area contributed by atoms with Crippen LogP contribution in [0.1, 0.15) is 12.0 Å². The van der Waals surface area contributed by atoms with E-state index < -0.39 is 15.7 Å². The molecule has 1 heterocycles. The maximum absolute atomic E-state index is 13.4. The number of hydrogen-bond acceptors (Lipinski definition) is 4. The van der Waals surface area contributed by atoms with E-state index in [4.69, 9.17) is 11.6 Å². The highest BCUT2D eigenvalue weighted by Crippen LogP contribution is 2.26. The number of sulfone groups is 1. The summed E-state index contributed by atoms with van der Waals surface area (Å²) in [5, 5.41) is 4.83. The third-order valence-electron chi connectivity index (χ3n) is 3.36. The van der Waals surface area contributed by atoms with Crippen LogP contribution in [0.5, 0.6) is 0 Å². The van der Waals surface area contributed by atoms with E-state index in [0.717, 1.165) is 6.07 Å². The smallest absolute Gasteiger partial charge is 0.179 e. The first-order valence-electron chi connectivity index (χ1n) is 6.56. The molecular weight excluding hydrogens is 327 g/mol. The molecule has 0 bridgehead atoms. The van der Waals surface area contributed by atoms with Crippen molar-refractivity contribution in [3.8, 4) is 0 Å². The van der Waals surface area contributed by atoms with Gasteiger partial charge in [-0.25, -0.2) is 12.8 Å². The zero-order valence-electron chi connectivity index (χ0n) is 11.4. The van der Waals surface area contributed by atoms with Crippen molar-refractivity contribution in [1.82, 2.24) is 0 Å². The monoisotopic (exact) mass is 338 g/mol. The highest BCUT2D eigenvalue weighted by molar-refractivity contribution is 7.91. The van der Waals surface area contributed by atoms with Gasteiger partial charge in [0.15, 0.2) is 9.84 Å². The van der Waals surface area contributed by atoms with E-state index in [9.17, 15) is 12.8 Å². The van der Waals surface area contributed by atoms with Gasteiger partial charge in [0, 0.05) is 17.0 Å². The molecule has 114 valence electrons. The summed E-state index contributed by atoms with van der Waals surface area (Å²) in [7, 11) is -3.37. The summed E-state index contributed by atoms with van der Waals surface area (Å²) in [5.41, 5.74) is 4.38. The first-order chi connectivity index (χ1) is 10.5. The Balaban J connectivity index is 1.97. The Morgan fingerprint density at radius 3 is 2.59 bits per heavy atom. The Labute approximate surface area is 132 Å². The number of fused-ring (bicyclic) bond motifs is 1. The molecule has 22 heavy (non-hydrogen) atoms. The van der Waals surface area contributed by atoms with Crippen LogP contribution in [0.15, 0.2) is 52.5 Å². The Morgan fingerprint density at radius 1 is 1.14 bits per heavy atom. The Morgan fingerprint density at radius 2 is 1.86 bits per heavy atom. The van der Waals surface area contributed by atoms with Crippen LogP contribution in [-0.2, 0) is 9.84 Å². The summed E-state index contributed by atoms with van der Waals surface area (Å²) in [6.07, 6.45) is 0.235. The van der Waals surface area contributed by atoms with Gasteiger partial charge in [0.05, 0.1) is 22.0 Å². The van der Waals surface area contributed by atoms with Crippen molar-refractivity contribution in [3.63, 3.8) is 0 Å². The molecule has 1 aliphatic rings. The molecular formula is C15H12ClFN2O2S. The predicted octanol–water partition coefficient (Wildman–Crippen LogP) is 3.47. The zero-order valence-corrected chi connectivity index (χ0v) is 13.0. The van der Waals surface area contributed by atoms with E-state index in [2.05, 4.69) is 10.5 Å². The lowest BCUT2D eigenvalue weighted by Crippen LogP contribution is -2.23. The second-order valence-corrected chi connectivity index (χ2v) is 7.40. The quantitative estimate of drug-likeness (QED) is 0.673. The molecule has 0 aliphatic carbocycles. The van der Waals surface area contributed by atoms with Crippen molar-refractivity contribution >= 4 is 32.8 Å². The van der Waals surface area contributed by atoms with Crippen molar-refractivity contribution in [1.29, 1.82) is 0 Å². The fraction of sp³-hybridized carbons (Fsp3) is 0.133. The van der Waals surface area contributed by atoms with Crippen molar-refractivity contribution in [2.75, 3.05) is 11.2 Å². The third kappa shape index (κ3) is 2.98. The minimum absolute atomic E-state index is 0.0350. The molecule has 0 atom stereocenters. The van der Waals surface area contributed by atoms with Gasteiger partial charge in [-0.1, -0.05) is 11.6 Å². The Hall–Kier alpha value is -1.92. The second-order valence-electron chi connectivity index (χ2n) is 4.89. The van der Waals surface area contributed by atoms with E-state index in [-0.39, 0.29) is 17.1 Å². The molecule has 0 unspecified atom stereocenters. The van der Waals surface area contributed by atoms with Gasteiger partial charge in [-0.2, -0.15) is 5.10 Å². The normalized spacial score (nSPS) is 18.0. The van der Waals surface area contributed by atoms with Gasteiger partial charge in [0.2, 0.25) is 0 Å². The topological polar surface area (TPSA) is 58.5 Å². The van der Waals surface area contributed by atoms with Gasteiger partial charge >= 0.3 is 0 Å². The summed E-state index contributed by atoms with van der Waals surface area (Å²) in [5.74, 6) is -0.526. The van der Waals surface area contributed by atoms with Crippen molar-refractivity contribution in [2.45, 2.75) is 11.3 Å². The lowest BCUT2D eigenvalue weighted by atomic mass is 10.1. The van der Waals surface area contributed by atoms with Crippen molar-refractivity contribution < 1.29 is 12.8 Å². The van der Waals surface area contributed by atoms with Gasteiger partial charge in [-0.15, -0.1) is 0 Å². The van der Waals surface area contributed by atoms with Gasteiger partial charge in [-0.3, -0.25) is 5.43 Å². The average Bonchev–Trinajstić information content (AvgIpc) is 2.48. The molecule has 0 radical (unpaired) electrons. The van der Waals surface area contributed by atoms with Crippen LogP contribution in [-0.4, -0.2) is 19.9 Å². The molecule has 2 aromatic carbocycles. The predicted molar refractivity (Wildman–Crippen MR) is 84.7 cm³/mol. The zero-order chi connectivity index (χ0) is 15.7. The van der Waals surface area contributed by atoms with Crippen molar-refractivity contribution in [2.24, 2.45) is 5.10 Å². The van der Waals surface area contributed by atoms with Gasteiger partial charge in [-0.05, 0) is 42.5 Å². The van der Waals surface area contributed by atoms with Crippen LogP contribution in [0.25, 0.3) is 0 Å². The largest absolute Gasteiger partial charge is 0.278 e. The van der Waals surface area contributed by atoms with Crippen LogP contribution in [0.2, 0.25) is 5.02 Å². The number of benzene rings is 2. The van der Waals surface area contributed by atoms with Crippen molar-refractivity contribution in [3.05, 3.63) is 58.9 Å². The summed E-state index contributed by atoms with van der Waals surface area (Å²) in [6, 6.07) is 10.6. The fourth-order valence-electron chi connectivity index (χ4n) is 2.25. The highest BCUT2D eigenvalue weighted by atomic mass is 35.5. The maximum Gasteiger partial charge on any atom is 0.179 e. The molecule has 2 aromatic rings. The molecule has 0 fully saturated rings. The second kappa shape index (κ2) is 5.70. The van der Waals surface area contributed by atoms with E-state index in [1.165, 1.54) is 12.1 Å². The molecule has 0 saturated carbocycles. The summed E-state index contributed by atoms with van der Waals surface area (Å²) >= 11 is 5.80. The van der Waals surface area contributed by atoms with E-state index in [0.29, 0.717) is 22.0 Å². The molecule has 0 spiro atoms. The lowest BCUT2D eigenvalue weighted by Gasteiger charge is -2.18. The minimum atomic E-state index is -3.37. The summed E-state index contributed by atoms with van der Waals surface area (Å²) < 4.78 is 37.5. The van der Waals surface area contributed by atoms with E-state index in [1.807, 2.05) is 0 Å². The number of halogens is 2.